The van der Waals surface area contributed by atoms with Crippen molar-refractivity contribution >= 4 is 68.3 Å². The number of hydrogen-bond donors (Lipinski definition) is 1. The fraction of sp³-hybridized carbons (Fsp3) is 0. The number of para-hydroxylation sites is 4. The molecule has 1 N–H and O–H groups in total. The van der Waals surface area contributed by atoms with Gasteiger partial charge < -0.3 is 14.9 Å². The monoisotopic (exact) mass is 773 g/mol. The standard InChI is InChI=1S/C50H35N3O2S2/c51-35-38(50(54)55)25-30-45(48-33-31-46(56-48)36-21-26-43(27-22-36)52(39-13-5-1-6-14-39)40-15-7-2-8-16-40)49-34-32-47(57-49)37-23-28-44(29-24-37)53(41-17-9-3-10-18-41)42-19-11-4-12-20-42/h1-34H,(H,54,55). The average molecular weight is 774 g/mol. The van der Waals surface area contributed by atoms with Crippen molar-refractivity contribution in [3.05, 3.63) is 222 Å². The number of carboxylic acids is 1. The van der Waals surface area contributed by atoms with E-state index in [1.807, 2.05) is 78.9 Å². The fourth-order valence-corrected chi connectivity index (χ4v) is 8.80. The van der Waals surface area contributed by atoms with Gasteiger partial charge >= 0.3 is 5.97 Å². The molecule has 0 atom stereocenters. The Morgan fingerprint density at radius 1 is 0.456 bits per heavy atom. The van der Waals surface area contributed by atoms with Crippen molar-refractivity contribution in [2.75, 3.05) is 9.80 Å². The van der Waals surface area contributed by atoms with Crippen molar-refractivity contribution in [2.24, 2.45) is 0 Å². The molecule has 0 fully saturated rings. The smallest absolute Gasteiger partial charge is 0.346 e. The number of rotatable bonds is 12. The molecule has 2 heterocycles. The van der Waals surface area contributed by atoms with Gasteiger partial charge in [-0.1, -0.05) is 103 Å². The maximum Gasteiger partial charge on any atom is 0.346 e. The number of hydrogen-bond acceptors (Lipinski definition) is 6. The quantitative estimate of drug-likeness (QED) is 0.0761. The first-order valence-corrected chi connectivity index (χ1v) is 20.0. The van der Waals surface area contributed by atoms with Crippen LogP contribution in [0.2, 0.25) is 0 Å². The first-order chi connectivity index (χ1) is 28.1. The lowest BCUT2D eigenvalue weighted by Crippen LogP contribution is -2.09. The number of nitriles is 1. The van der Waals surface area contributed by atoms with E-state index >= 15 is 0 Å². The van der Waals surface area contributed by atoms with Gasteiger partial charge in [-0.15, -0.1) is 22.7 Å². The van der Waals surface area contributed by atoms with Gasteiger partial charge in [-0.3, -0.25) is 0 Å². The van der Waals surface area contributed by atoms with Crippen LogP contribution >= 0.6 is 22.7 Å². The molecule has 0 aliphatic rings. The van der Waals surface area contributed by atoms with Crippen LogP contribution < -0.4 is 9.80 Å². The summed E-state index contributed by atoms with van der Waals surface area (Å²) in [7, 11) is 0. The number of allylic oxidation sites excluding steroid dienone is 2. The summed E-state index contributed by atoms with van der Waals surface area (Å²) >= 11 is 3.26. The second-order valence-corrected chi connectivity index (χ2v) is 15.2. The maximum absolute atomic E-state index is 11.8. The molecule has 274 valence electrons. The molecule has 0 aliphatic carbocycles. The van der Waals surface area contributed by atoms with Gasteiger partial charge in [0.1, 0.15) is 11.6 Å². The Balaban J connectivity index is 1.10. The van der Waals surface area contributed by atoms with E-state index in [4.69, 9.17) is 0 Å². The summed E-state index contributed by atoms with van der Waals surface area (Å²) in [6, 6.07) is 68.5. The fourth-order valence-electron chi connectivity index (χ4n) is 6.64. The highest BCUT2D eigenvalue weighted by atomic mass is 32.1. The van der Waals surface area contributed by atoms with Crippen LogP contribution in [0.25, 0.3) is 26.5 Å². The molecule has 5 nitrogen and oxygen atoms in total. The molecule has 0 amide bonds. The summed E-state index contributed by atoms with van der Waals surface area (Å²) in [5.41, 5.74) is 9.05. The molecular formula is C50H35N3O2S2. The molecule has 0 spiro atoms. The zero-order valence-corrected chi connectivity index (χ0v) is 32.3. The van der Waals surface area contributed by atoms with Crippen LogP contribution in [0, 0.1) is 11.3 Å². The summed E-state index contributed by atoms with van der Waals surface area (Å²) in [6.07, 6.45) is 3.14. The number of aliphatic carboxylic acids is 1. The maximum atomic E-state index is 11.8. The highest BCUT2D eigenvalue weighted by Crippen LogP contribution is 2.42. The van der Waals surface area contributed by atoms with Crippen LogP contribution in [0.1, 0.15) is 9.75 Å². The summed E-state index contributed by atoms with van der Waals surface area (Å²) in [5, 5.41) is 19.2. The second-order valence-electron chi connectivity index (χ2n) is 13.0. The van der Waals surface area contributed by atoms with Crippen LogP contribution in [-0.2, 0) is 4.79 Å². The van der Waals surface area contributed by atoms with Crippen molar-refractivity contribution in [3.63, 3.8) is 0 Å². The normalized spacial score (nSPS) is 11.0. The predicted octanol–water partition coefficient (Wildman–Crippen LogP) is 14.0. The first kappa shape index (κ1) is 36.7. The summed E-state index contributed by atoms with van der Waals surface area (Å²) in [5.74, 6) is -1.26. The van der Waals surface area contributed by atoms with Crippen LogP contribution in [-0.4, -0.2) is 11.1 Å². The zero-order valence-electron chi connectivity index (χ0n) is 30.6. The van der Waals surface area contributed by atoms with Gasteiger partial charge in [-0.2, -0.15) is 5.26 Å². The Kier molecular flexibility index (Phi) is 11.0. The van der Waals surface area contributed by atoms with Crippen molar-refractivity contribution < 1.29 is 9.90 Å². The number of anilines is 6. The number of carbonyl (C=O) groups is 1. The molecule has 0 saturated heterocycles. The molecular weight excluding hydrogens is 739 g/mol. The molecule has 7 heteroatoms. The molecule has 0 bridgehead atoms. The van der Waals surface area contributed by atoms with Gasteiger partial charge in [0, 0.05) is 59.2 Å². The van der Waals surface area contributed by atoms with Gasteiger partial charge in [-0.25, -0.2) is 4.79 Å². The van der Waals surface area contributed by atoms with Crippen molar-refractivity contribution in [3.8, 4) is 27.0 Å². The van der Waals surface area contributed by atoms with E-state index in [0.717, 1.165) is 70.3 Å². The third-order valence-corrected chi connectivity index (χ3v) is 11.7. The Morgan fingerprint density at radius 2 is 0.789 bits per heavy atom. The first-order valence-electron chi connectivity index (χ1n) is 18.3. The summed E-state index contributed by atoms with van der Waals surface area (Å²) in [4.78, 5) is 20.3. The van der Waals surface area contributed by atoms with Crippen molar-refractivity contribution in [2.45, 2.75) is 0 Å². The molecule has 0 unspecified atom stereocenters. The minimum absolute atomic E-state index is 0.324. The Bertz CT molecular complexity index is 2450. The van der Waals surface area contributed by atoms with Gasteiger partial charge in [0.05, 0.1) is 0 Å². The lowest BCUT2D eigenvalue weighted by Gasteiger charge is -2.25. The number of carboxylic acid groups (broad SMARTS) is 1. The van der Waals surface area contributed by atoms with Crippen LogP contribution in [0.3, 0.4) is 0 Å². The Labute approximate surface area is 340 Å². The van der Waals surface area contributed by atoms with Crippen molar-refractivity contribution in [1.82, 2.24) is 0 Å². The SMILES string of the molecule is N#CC(=CC=C(c1ccc(-c2ccc(N(c3ccccc3)c3ccccc3)cc2)s1)c1ccc(-c2ccc(N(c3ccccc3)c3ccccc3)cc2)s1)C(=O)O. The van der Waals surface area contributed by atoms with Gasteiger partial charge in [-0.05, 0) is 114 Å². The van der Waals surface area contributed by atoms with Crippen molar-refractivity contribution in [1.29, 1.82) is 5.26 Å². The van der Waals surface area contributed by atoms with Gasteiger partial charge in [0.15, 0.2) is 0 Å². The lowest BCUT2D eigenvalue weighted by molar-refractivity contribution is -0.132. The third-order valence-electron chi connectivity index (χ3n) is 9.39. The van der Waals surface area contributed by atoms with E-state index in [2.05, 4.69) is 131 Å². The third kappa shape index (κ3) is 8.24. The average Bonchev–Trinajstić information content (AvgIpc) is 3.96. The number of nitrogens with zero attached hydrogens (tertiary/aromatic N) is 3. The van der Waals surface area contributed by atoms with E-state index in [0.29, 0.717) is 0 Å². The Hall–Kier alpha value is -7.24. The van der Waals surface area contributed by atoms with E-state index in [1.54, 1.807) is 28.7 Å². The molecule has 0 aliphatic heterocycles. The second kappa shape index (κ2) is 17.1. The number of benzene rings is 6. The highest BCUT2D eigenvalue weighted by molar-refractivity contribution is 7.19. The van der Waals surface area contributed by atoms with E-state index in [9.17, 15) is 15.2 Å². The topological polar surface area (TPSA) is 67.6 Å². The van der Waals surface area contributed by atoms with E-state index < -0.39 is 5.97 Å². The van der Waals surface area contributed by atoms with E-state index in [1.165, 1.54) is 6.08 Å². The molecule has 0 radical (unpaired) electrons. The minimum atomic E-state index is -1.26. The minimum Gasteiger partial charge on any atom is -0.477 e. The molecule has 6 aromatic carbocycles. The summed E-state index contributed by atoms with van der Waals surface area (Å²) in [6.45, 7) is 0. The zero-order chi connectivity index (χ0) is 39.0. The van der Waals surface area contributed by atoms with Crippen LogP contribution in [0.5, 0.6) is 0 Å². The number of thiophene rings is 2. The highest BCUT2D eigenvalue weighted by Gasteiger charge is 2.17. The molecule has 57 heavy (non-hydrogen) atoms. The largest absolute Gasteiger partial charge is 0.477 e. The van der Waals surface area contributed by atoms with Gasteiger partial charge in [0.25, 0.3) is 0 Å². The lowest BCUT2D eigenvalue weighted by atomic mass is 10.1. The molecule has 0 saturated carbocycles. The van der Waals surface area contributed by atoms with Crippen LogP contribution in [0.15, 0.2) is 212 Å². The van der Waals surface area contributed by atoms with E-state index in [-0.39, 0.29) is 5.57 Å². The predicted molar refractivity (Wildman–Crippen MR) is 237 cm³/mol. The Morgan fingerprint density at radius 3 is 1.11 bits per heavy atom. The van der Waals surface area contributed by atoms with Gasteiger partial charge in [0.2, 0.25) is 0 Å². The van der Waals surface area contributed by atoms with Crippen LogP contribution in [0.4, 0.5) is 34.1 Å². The summed E-state index contributed by atoms with van der Waals surface area (Å²) < 4.78 is 0. The molecule has 8 rings (SSSR count). The molecule has 8 aromatic rings. The molecule has 2 aromatic heterocycles.